The van der Waals surface area contributed by atoms with Gasteiger partial charge in [-0.3, -0.25) is 4.79 Å². The molecule has 2 rings (SSSR count). The van der Waals surface area contributed by atoms with Crippen molar-refractivity contribution in [1.29, 1.82) is 0 Å². The van der Waals surface area contributed by atoms with Crippen molar-refractivity contribution in [1.82, 2.24) is 5.32 Å². The van der Waals surface area contributed by atoms with Crippen molar-refractivity contribution in [2.45, 2.75) is 12.5 Å². The van der Waals surface area contributed by atoms with Gasteiger partial charge < -0.3 is 20.5 Å². The van der Waals surface area contributed by atoms with Gasteiger partial charge in [-0.05, 0) is 28.1 Å². The Labute approximate surface area is 124 Å². The minimum Gasteiger partial charge on any atom is -0.478 e. The van der Waals surface area contributed by atoms with Crippen molar-refractivity contribution < 1.29 is 19.4 Å². The van der Waals surface area contributed by atoms with Gasteiger partial charge in [0.25, 0.3) is 0 Å². The normalized spacial score (nSPS) is 18.6. The van der Waals surface area contributed by atoms with Crippen LogP contribution in [0.2, 0.25) is 0 Å². The second kappa shape index (κ2) is 6.83. The molecular weight excluding hydrogens is 328 g/mol. The zero-order valence-electron chi connectivity index (χ0n) is 10.7. The summed E-state index contributed by atoms with van der Waals surface area (Å²) in [5, 5.41) is 14.9. The standard InChI is InChI=1S/C13H15BrN2O4/c14-10-3-1-2-9(13(18)19)12(10)16-11(17)6-8-7-20-5-4-15-8/h1-3,8,15H,4-7H2,(H,16,17)(H,18,19). The lowest BCUT2D eigenvalue weighted by Crippen LogP contribution is -2.43. The number of benzene rings is 1. The van der Waals surface area contributed by atoms with E-state index in [9.17, 15) is 9.59 Å². The predicted octanol–water partition coefficient (Wildman–Crippen LogP) is 1.46. The quantitative estimate of drug-likeness (QED) is 0.771. The molecule has 1 fully saturated rings. The molecule has 0 saturated carbocycles. The molecule has 3 N–H and O–H groups in total. The van der Waals surface area contributed by atoms with E-state index in [1.807, 2.05) is 0 Å². The molecule has 20 heavy (non-hydrogen) atoms. The average Bonchev–Trinajstić information content (AvgIpc) is 2.42. The highest BCUT2D eigenvalue weighted by Crippen LogP contribution is 2.26. The highest BCUT2D eigenvalue weighted by Gasteiger charge is 2.19. The maximum absolute atomic E-state index is 12.0. The van der Waals surface area contributed by atoms with Crippen LogP contribution in [0.3, 0.4) is 0 Å². The summed E-state index contributed by atoms with van der Waals surface area (Å²) < 4.78 is 5.81. The van der Waals surface area contributed by atoms with Gasteiger partial charge in [-0.2, -0.15) is 0 Å². The number of carbonyl (C=O) groups excluding carboxylic acids is 1. The molecule has 0 spiro atoms. The van der Waals surface area contributed by atoms with Gasteiger partial charge in [0.2, 0.25) is 5.91 Å². The van der Waals surface area contributed by atoms with Gasteiger partial charge >= 0.3 is 5.97 Å². The van der Waals surface area contributed by atoms with Crippen LogP contribution in [0.1, 0.15) is 16.8 Å². The van der Waals surface area contributed by atoms with Crippen LogP contribution in [0.5, 0.6) is 0 Å². The Balaban J connectivity index is 2.05. The second-order valence-corrected chi connectivity index (χ2v) is 5.30. The van der Waals surface area contributed by atoms with Gasteiger partial charge in [-0.15, -0.1) is 0 Å². The third-order valence-electron chi connectivity index (χ3n) is 2.94. The lowest BCUT2D eigenvalue weighted by Gasteiger charge is -2.23. The number of amides is 1. The monoisotopic (exact) mass is 342 g/mol. The number of hydrogen-bond acceptors (Lipinski definition) is 4. The van der Waals surface area contributed by atoms with Crippen molar-refractivity contribution in [2.75, 3.05) is 25.1 Å². The molecule has 0 radical (unpaired) electrons. The first-order valence-corrected chi connectivity index (χ1v) is 7.00. The van der Waals surface area contributed by atoms with Crippen LogP contribution in [-0.4, -0.2) is 42.8 Å². The van der Waals surface area contributed by atoms with E-state index in [0.717, 1.165) is 0 Å². The van der Waals surface area contributed by atoms with Crippen molar-refractivity contribution in [3.8, 4) is 0 Å². The van der Waals surface area contributed by atoms with Crippen LogP contribution < -0.4 is 10.6 Å². The third kappa shape index (κ3) is 3.78. The van der Waals surface area contributed by atoms with Crippen molar-refractivity contribution in [2.24, 2.45) is 0 Å². The smallest absolute Gasteiger partial charge is 0.337 e. The zero-order chi connectivity index (χ0) is 14.5. The number of morpholine rings is 1. The van der Waals surface area contributed by atoms with Gasteiger partial charge in [0.1, 0.15) is 0 Å². The SMILES string of the molecule is O=C(CC1COCCN1)Nc1c(Br)cccc1C(=O)O. The molecular formula is C13H15BrN2O4. The number of halogens is 1. The van der Waals surface area contributed by atoms with Crippen LogP contribution in [0, 0.1) is 0 Å². The summed E-state index contributed by atoms with van der Waals surface area (Å²) in [6.07, 6.45) is 0.237. The highest BCUT2D eigenvalue weighted by atomic mass is 79.9. The number of rotatable bonds is 4. The zero-order valence-corrected chi connectivity index (χ0v) is 12.3. The molecule has 7 heteroatoms. The molecule has 0 aromatic heterocycles. The van der Waals surface area contributed by atoms with Crippen molar-refractivity contribution in [3.63, 3.8) is 0 Å². The number of hydrogen-bond donors (Lipinski definition) is 3. The third-order valence-corrected chi connectivity index (χ3v) is 3.60. The van der Waals surface area contributed by atoms with Gasteiger partial charge in [-0.25, -0.2) is 4.79 Å². The molecule has 108 valence electrons. The number of anilines is 1. The summed E-state index contributed by atoms with van der Waals surface area (Å²) in [7, 11) is 0. The molecule has 1 aliphatic rings. The summed E-state index contributed by atoms with van der Waals surface area (Å²) in [6.45, 7) is 1.84. The Morgan fingerprint density at radius 1 is 1.50 bits per heavy atom. The Hall–Kier alpha value is -1.44. The number of carboxylic acid groups (broad SMARTS) is 1. The molecule has 0 bridgehead atoms. The fourth-order valence-corrected chi connectivity index (χ4v) is 2.46. The van der Waals surface area contributed by atoms with E-state index in [1.165, 1.54) is 6.07 Å². The topological polar surface area (TPSA) is 87.7 Å². The molecule has 1 saturated heterocycles. The molecule has 1 aliphatic heterocycles. The minimum absolute atomic E-state index is 0.0421. The van der Waals surface area contributed by atoms with E-state index in [4.69, 9.17) is 9.84 Å². The number of aromatic carboxylic acids is 1. The van der Waals surface area contributed by atoms with E-state index in [0.29, 0.717) is 24.2 Å². The van der Waals surface area contributed by atoms with Gasteiger partial charge in [0, 0.05) is 23.5 Å². The fourth-order valence-electron chi connectivity index (χ4n) is 1.99. The lowest BCUT2D eigenvalue weighted by atomic mass is 10.1. The van der Waals surface area contributed by atoms with Crippen LogP contribution in [0.25, 0.3) is 0 Å². The number of carbonyl (C=O) groups is 2. The van der Waals surface area contributed by atoms with E-state index >= 15 is 0 Å². The highest BCUT2D eigenvalue weighted by molar-refractivity contribution is 9.10. The van der Waals surface area contributed by atoms with Gasteiger partial charge in [0.05, 0.1) is 24.5 Å². The summed E-state index contributed by atoms with van der Waals surface area (Å²) in [6, 6.07) is 4.70. The Bertz CT molecular complexity index is 515. The average molecular weight is 343 g/mol. The van der Waals surface area contributed by atoms with Crippen LogP contribution in [0.15, 0.2) is 22.7 Å². The van der Waals surface area contributed by atoms with Crippen molar-refractivity contribution >= 4 is 33.5 Å². The second-order valence-electron chi connectivity index (χ2n) is 4.45. The maximum atomic E-state index is 12.0. The van der Waals surface area contributed by atoms with Crippen LogP contribution in [0.4, 0.5) is 5.69 Å². The van der Waals surface area contributed by atoms with E-state index in [1.54, 1.807) is 12.1 Å². The summed E-state index contributed by atoms with van der Waals surface area (Å²) in [4.78, 5) is 23.1. The Kier molecular flexibility index (Phi) is 5.11. The number of carboxylic acids is 1. The number of ether oxygens (including phenoxy) is 1. The molecule has 1 aromatic carbocycles. The van der Waals surface area contributed by atoms with Crippen LogP contribution >= 0.6 is 15.9 Å². The minimum atomic E-state index is -1.08. The molecule has 1 heterocycles. The first kappa shape index (κ1) is 15.0. The molecule has 0 aliphatic carbocycles. The Morgan fingerprint density at radius 2 is 2.30 bits per heavy atom. The molecule has 1 aromatic rings. The fraction of sp³-hybridized carbons (Fsp3) is 0.385. The number of nitrogens with one attached hydrogen (secondary N) is 2. The predicted molar refractivity (Wildman–Crippen MR) is 77.0 cm³/mol. The van der Waals surface area contributed by atoms with Gasteiger partial charge in [0.15, 0.2) is 0 Å². The summed E-state index contributed by atoms with van der Waals surface area (Å²) in [5.74, 6) is -1.33. The largest absolute Gasteiger partial charge is 0.478 e. The van der Waals surface area contributed by atoms with Gasteiger partial charge in [-0.1, -0.05) is 6.07 Å². The Morgan fingerprint density at radius 3 is 2.95 bits per heavy atom. The summed E-state index contributed by atoms with van der Waals surface area (Å²) >= 11 is 3.25. The van der Waals surface area contributed by atoms with Crippen molar-refractivity contribution in [3.05, 3.63) is 28.2 Å². The molecule has 6 nitrogen and oxygen atoms in total. The number of para-hydroxylation sites is 1. The molecule has 1 amide bonds. The first-order valence-electron chi connectivity index (χ1n) is 6.20. The lowest BCUT2D eigenvalue weighted by molar-refractivity contribution is -0.117. The maximum Gasteiger partial charge on any atom is 0.337 e. The van der Waals surface area contributed by atoms with E-state index < -0.39 is 5.97 Å². The molecule has 1 atom stereocenters. The molecule has 1 unspecified atom stereocenters. The first-order chi connectivity index (χ1) is 9.58. The van der Waals surface area contributed by atoms with E-state index in [-0.39, 0.29) is 29.6 Å². The van der Waals surface area contributed by atoms with E-state index in [2.05, 4.69) is 26.6 Å². The van der Waals surface area contributed by atoms with Crippen LogP contribution in [-0.2, 0) is 9.53 Å². The summed E-state index contributed by atoms with van der Waals surface area (Å²) in [5.41, 5.74) is 0.335.